The fraction of sp³-hybridized carbons (Fsp3) is 0.923. The van der Waals surface area contributed by atoms with Crippen molar-refractivity contribution in [3.63, 3.8) is 0 Å². The van der Waals surface area contributed by atoms with Gasteiger partial charge in [-0.15, -0.1) is 0 Å². The molecule has 0 aliphatic heterocycles. The second-order valence-electron chi connectivity index (χ2n) is 5.37. The smallest absolute Gasteiger partial charge is 0.236 e. The summed E-state index contributed by atoms with van der Waals surface area (Å²) in [7, 11) is 1.92. The summed E-state index contributed by atoms with van der Waals surface area (Å²) in [5.41, 5.74) is 0. The van der Waals surface area contributed by atoms with Crippen molar-refractivity contribution in [2.24, 2.45) is 0 Å². The number of aliphatic hydroxyl groups excluding tert-OH is 1. The van der Waals surface area contributed by atoms with Gasteiger partial charge in [0.05, 0.1) is 6.54 Å². The topological polar surface area (TPSA) is 43.8 Å². The summed E-state index contributed by atoms with van der Waals surface area (Å²) in [4.78, 5) is 16.2. The van der Waals surface area contributed by atoms with E-state index in [0.29, 0.717) is 18.6 Å². The highest BCUT2D eigenvalue weighted by Gasteiger charge is 2.32. The molecule has 98 valence electrons. The van der Waals surface area contributed by atoms with Crippen LogP contribution in [0.2, 0.25) is 0 Å². The van der Waals surface area contributed by atoms with Gasteiger partial charge in [0, 0.05) is 32.3 Å². The van der Waals surface area contributed by atoms with Gasteiger partial charge in [-0.1, -0.05) is 6.42 Å². The summed E-state index contributed by atoms with van der Waals surface area (Å²) < 4.78 is 0. The number of amides is 1. The van der Waals surface area contributed by atoms with E-state index >= 15 is 0 Å². The molecule has 2 aliphatic rings. The van der Waals surface area contributed by atoms with Crippen molar-refractivity contribution >= 4 is 5.91 Å². The summed E-state index contributed by atoms with van der Waals surface area (Å²) in [6.07, 6.45) is 6.83. The van der Waals surface area contributed by atoms with Crippen LogP contribution in [-0.4, -0.2) is 59.6 Å². The monoisotopic (exact) mass is 240 g/mol. The van der Waals surface area contributed by atoms with Crippen molar-refractivity contribution < 1.29 is 9.90 Å². The van der Waals surface area contributed by atoms with Crippen LogP contribution in [0.5, 0.6) is 0 Å². The highest BCUT2D eigenvalue weighted by molar-refractivity contribution is 5.78. The van der Waals surface area contributed by atoms with E-state index < -0.39 is 0 Å². The molecule has 0 atom stereocenters. The number of likely N-dealkylation sites (N-methyl/N-ethyl adjacent to an activating group) is 1. The summed E-state index contributed by atoms with van der Waals surface area (Å²) in [5, 5.41) is 8.91. The van der Waals surface area contributed by atoms with Gasteiger partial charge in [0.25, 0.3) is 0 Å². The molecule has 1 amide bonds. The van der Waals surface area contributed by atoms with Crippen molar-refractivity contribution in [2.45, 2.75) is 50.6 Å². The lowest BCUT2D eigenvalue weighted by Crippen LogP contribution is -2.47. The number of hydrogen-bond donors (Lipinski definition) is 1. The molecule has 4 heteroatoms. The molecule has 17 heavy (non-hydrogen) atoms. The Kier molecular flexibility index (Phi) is 4.40. The number of nitrogens with zero attached hydrogens (tertiary/aromatic N) is 2. The Labute approximate surface area is 104 Å². The molecular weight excluding hydrogens is 216 g/mol. The minimum atomic E-state index is 0.218. The first-order valence-electron chi connectivity index (χ1n) is 6.83. The van der Waals surface area contributed by atoms with E-state index in [0.717, 1.165) is 13.0 Å². The Bertz CT molecular complexity index is 262. The third-order valence-corrected chi connectivity index (χ3v) is 4.02. The average molecular weight is 240 g/mol. The number of aliphatic hydroxyl groups is 1. The zero-order valence-electron chi connectivity index (χ0n) is 10.8. The summed E-state index contributed by atoms with van der Waals surface area (Å²) >= 11 is 0. The van der Waals surface area contributed by atoms with Crippen LogP contribution in [0.4, 0.5) is 0 Å². The number of hydrogen-bond acceptors (Lipinski definition) is 3. The van der Waals surface area contributed by atoms with E-state index in [-0.39, 0.29) is 12.5 Å². The van der Waals surface area contributed by atoms with E-state index in [2.05, 4.69) is 4.90 Å². The average Bonchev–Trinajstić information content (AvgIpc) is 3.05. The lowest BCUT2D eigenvalue weighted by molar-refractivity contribution is -0.132. The van der Waals surface area contributed by atoms with Crippen molar-refractivity contribution in [1.82, 2.24) is 9.80 Å². The lowest BCUT2D eigenvalue weighted by atomic mass is 9.91. The van der Waals surface area contributed by atoms with E-state index in [4.69, 9.17) is 5.11 Å². The molecule has 0 bridgehead atoms. The van der Waals surface area contributed by atoms with Crippen LogP contribution in [0.1, 0.15) is 38.5 Å². The normalized spacial score (nSPS) is 20.4. The predicted molar refractivity (Wildman–Crippen MR) is 66.7 cm³/mol. The Balaban J connectivity index is 1.80. The molecule has 0 heterocycles. The quantitative estimate of drug-likeness (QED) is 0.717. The number of carbonyl (C=O) groups is 1. The SMILES string of the molecule is CN(C(=O)CN(CCCO)C1CCC1)C1CC1. The van der Waals surface area contributed by atoms with Crippen molar-refractivity contribution in [1.29, 1.82) is 0 Å². The molecule has 2 fully saturated rings. The molecule has 4 nitrogen and oxygen atoms in total. The van der Waals surface area contributed by atoms with E-state index in [9.17, 15) is 4.79 Å². The van der Waals surface area contributed by atoms with Crippen molar-refractivity contribution in [3.8, 4) is 0 Å². The van der Waals surface area contributed by atoms with Crippen LogP contribution in [0.15, 0.2) is 0 Å². The highest BCUT2D eigenvalue weighted by atomic mass is 16.3. The molecule has 2 aliphatic carbocycles. The molecule has 2 rings (SSSR count). The van der Waals surface area contributed by atoms with Gasteiger partial charge in [-0.05, 0) is 32.1 Å². The van der Waals surface area contributed by atoms with Crippen molar-refractivity contribution in [3.05, 3.63) is 0 Å². The Morgan fingerprint density at radius 2 is 1.94 bits per heavy atom. The van der Waals surface area contributed by atoms with Crippen molar-refractivity contribution in [2.75, 3.05) is 26.7 Å². The zero-order valence-corrected chi connectivity index (χ0v) is 10.8. The van der Waals surface area contributed by atoms with Crippen LogP contribution in [0.3, 0.4) is 0 Å². The van der Waals surface area contributed by atoms with Crippen LogP contribution >= 0.6 is 0 Å². The number of carbonyl (C=O) groups excluding carboxylic acids is 1. The van der Waals surface area contributed by atoms with E-state index in [1.807, 2.05) is 11.9 Å². The number of rotatable bonds is 7. The maximum atomic E-state index is 12.1. The minimum absolute atomic E-state index is 0.218. The second-order valence-corrected chi connectivity index (χ2v) is 5.37. The van der Waals surface area contributed by atoms with Crippen LogP contribution < -0.4 is 0 Å². The summed E-state index contributed by atoms with van der Waals surface area (Å²) in [6, 6.07) is 1.08. The zero-order chi connectivity index (χ0) is 12.3. The van der Waals surface area contributed by atoms with Gasteiger partial charge in [0.2, 0.25) is 5.91 Å². The maximum Gasteiger partial charge on any atom is 0.236 e. The fourth-order valence-electron chi connectivity index (χ4n) is 2.37. The minimum Gasteiger partial charge on any atom is -0.396 e. The highest BCUT2D eigenvalue weighted by Crippen LogP contribution is 2.27. The third-order valence-electron chi connectivity index (χ3n) is 4.02. The molecule has 2 saturated carbocycles. The first-order chi connectivity index (χ1) is 8.22. The molecule has 0 radical (unpaired) electrons. The largest absolute Gasteiger partial charge is 0.396 e. The molecule has 0 aromatic heterocycles. The van der Waals surface area contributed by atoms with Gasteiger partial charge in [0.1, 0.15) is 0 Å². The molecule has 0 aromatic rings. The maximum absolute atomic E-state index is 12.1. The Morgan fingerprint density at radius 1 is 1.24 bits per heavy atom. The van der Waals surface area contributed by atoms with Crippen LogP contribution in [0.25, 0.3) is 0 Å². The molecule has 0 aromatic carbocycles. The summed E-state index contributed by atoms with van der Waals surface area (Å²) in [6.45, 7) is 1.61. The third kappa shape index (κ3) is 3.42. The Morgan fingerprint density at radius 3 is 2.41 bits per heavy atom. The molecule has 1 N–H and O–H groups in total. The first-order valence-corrected chi connectivity index (χ1v) is 6.83. The fourth-order valence-corrected chi connectivity index (χ4v) is 2.37. The van der Waals surface area contributed by atoms with Gasteiger partial charge in [0.15, 0.2) is 0 Å². The second kappa shape index (κ2) is 5.83. The lowest BCUT2D eigenvalue weighted by Gasteiger charge is -2.37. The predicted octanol–water partition coefficient (Wildman–Crippen LogP) is 0.844. The molecule has 0 spiro atoms. The first kappa shape index (κ1) is 12.8. The molecular formula is C13H24N2O2. The van der Waals surface area contributed by atoms with Gasteiger partial charge >= 0.3 is 0 Å². The van der Waals surface area contributed by atoms with Gasteiger partial charge in [-0.3, -0.25) is 9.69 Å². The molecule has 0 unspecified atom stereocenters. The van der Waals surface area contributed by atoms with E-state index in [1.165, 1.54) is 32.1 Å². The Hall–Kier alpha value is -0.610. The molecule has 0 saturated heterocycles. The summed E-state index contributed by atoms with van der Waals surface area (Å²) in [5.74, 6) is 0.248. The van der Waals surface area contributed by atoms with E-state index in [1.54, 1.807) is 0 Å². The van der Waals surface area contributed by atoms with Gasteiger partial charge in [-0.25, -0.2) is 0 Å². The standard InChI is InChI=1S/C13H24N2O2/c1-14(11-6-7-11)13(17)10-15(8-3-9-16)12-4-2-5-12/h11-12,16H,2-10H2,1H3. The van der Waals surface area contributed by atoms with Gasteiger partial charge in [-0.2, -0.15) is 0 Å². The van der Waals surface area contributed by atoms with Gasteiger partial charge < -0.3 is 10.0 Å². The van der Waals surface area contributed by atoms with Crippen LogP contribution in [0, 0.1) is 0 Å². The van der Waals surface area contributed by atoms with Crippen LogP contribution in [-0.2, 0) is 4.79 Å².